The number of hydrogen-bond acceptors (Lipinski definition) is 5. The van der Waals surface area contributed by atoms with Gasteiger partial charge in [0.2, 0.25) is 0 Å². The molecule has 0 unspecified atom stereocenters. The Morgan fingerprint density at radius 1 is 1.04 bits per heavy atom. The lowest BCUT2D eigenvalue weighted by Crippen LogP contribution is -2.35. The number of hydrogen-bond donors (Lipinski definition) is 1. The highest BCUT2D eigenvalue weighted by Gasteiger charge is 2.21. The topological polar surface area (TPSA) is 62.9 Å². The molecule has 0 spiro atoms. The minimum Gasteiger partial charge on any atom is -0.507 e. The Labute approximate surface area is 157 Å². The van der Waals surface area contributed by atoms with Crippen LogP contribution in [0.3, 0.4) is 0 Å². The van der Waals surface area contributed by atoms with E-state index in [2.05, 4.69) is 4.90 Å². The molecule has 5 nitrogen and oxygen atoms in total. The summed E-state index contributed by atoms with van der Waals surface area (Å²) in [5.41, 5.74) is 2.64. The van der Waals surface area contributed by atoms with Crippen molar-refractivity contribution in [2.75, 3.05) is 26.3 Å². The predicted molar refractivity (Wildman–Crippen MR) is 105 cm³/mol. The molecule has 1 aliphatic heterocycles. The van der Waals surface area contributed by atoms with Gasteiger partial charge in [0.1, 0.15) is 17.1 Å². The summed E-state index contributed by atoms with van der Waals surface area (Å²) >= 11 is 0. The van der Waals surface area contributed by atoms with Crippen molar-refractivity contribution < 1.29 is 14.3 Å². The quantitative estimate of drug-likeness (QED) is 0.766. The lowest BCUT2D eigenvalue weighted by molar-refractivity contribution is 0.0339. The molecule has 1 saturated heterocycles. The standard InChI is InChI=1S/C22H23NO4/c1-2-16-20(25)17-8-9-19(24)18(14-23-10-12-26-13-11-23)22(17)27-21(16)15-6-4-3-5-7-15/h3-9,24H,2,10-14H2,1H3. The highest BCUT2D eigenvalue weighted by Crippen LogP contribution is 2.32. The smallest absolute Gasteiger partial charge is 0.196 e. The van der Waals surface area contributed by atoms with Crippen LogP contribution in [0.5, 0.6) is 5.75 Å². The second kappa shape index (κ2) is 7.55. The first-order valence-corrected chi connectivity index (χ1v) is 9.35. The van der Waals surface area contributed by atoms with Crippen molar-refractivity contribution >= 4 is 11.0 Å². The summed E-state index contributed by atoms with van der Waals surface area (Å²) in [5.74, 6) is 0.741. The first-order valence-electron chi connectivity index (χ1n) is 9.35. The van der Waals surface area contributed by atoms with Crippen LogP contribution >= 0.6 is 0 Å². The van der Waals surface area contributed by atoms with Gasteiger partial charge in [-0.05, 0) is 18.6 Å². The zero-order chi connectivity index (χ0) is 18.8. The summed E-state index contributed by atoms with van der Waals surface area (Å²) in [5, 5.41) is 11.0. The van der Waals surface area contributed by atoms with E-state index in [0.717, 1.165) is 18.7 Å². The van der Waals surface area contributed by atoms with Crippen LogP contribution < -0.4 is 5.43 Å². The number of morpholine rings is 1. The third-order valence-electron chi connectivity index (χ3n) is 5.11. The van der Waals surface area contributed by atoms with Gasteiger partial charge in [0.05, 0.1) is 24.2 Å². The van der Waals surface area contributed by atoms with Crippen molar-refractivity contribution in [1.82, 2.24) is 4.90 Å². The molecule has 5 heteroatoms. The Kier molecular flexibility index (Phi) is 4.97. The minimum atomic E-state index is -0.0270. The van der Waals surface area contributed by atoms with Crippen molar-refractivity contribution in [3.05, 3.63) is 63.8 Å². The van der Waals surface area contributed by atoms with E-state index in [4.69, 9.17) is 9.15 Å². The fraction of sp³-hybridized carbons (Fsp3) is 0.318. The summed E-state index contributed by atoms with van der Waals surface area (Å²) in [6.45, 7) is 5.40. The Morgan fingerprint density at radius 3 is 2.48 bits per heavy atom. The molecular formula is C22H23NO4. The Bertz CT molecular complexity index is 1000. The first-order chi connectivity index (χ1) is 13.2. The van der Waals surface area contributed by atoms with Gasteiger partial charge in [-0.2, -0.15) is 0 Å². The number of phenolic OH excluding ortho intramolecular Hbond substituents is 1. The van der Waals surface area contributed by atoms with Crippen molar-refractivity contribution in [3.63, 3.8) is 0 Å². The molecule has 2 heterocycles. The normalized spacial score (nSPS) is 15.3. The maximum Gasteiger partial charge on any atom is 0.196 e. The van der Waals surface area contributed by atoms with Crippen LogP contribution in [-0.4, -0.2) is 36.3 Å². The molecule has 1 aliphatic rings. The highest BCUT2D eigenvalue weighted by molar-refractivity contribution is 5.85. The third-order valence-corrected chi connectivity index (χ3v) is 5.11. The summed E-state index contributed by atoms with van der Waals surface area (Å²) in [4.78, 5) is 15.3. The van der Waals surface area contributed by atoms with E-state index >= 15 is 0 Å². The monoisotopic (exact) mass is 365 g/mol. The molecule has 2 aromatic carbocycles. The first kappa shape index (κ1) is 17.8. The van der Waals surface area contributed by atoms with Crippen LogP contribution in [0, 0.1) is 0 Å². The van der Waals surface area contributed by atoms with E-state index < -0.39 is 0 Å². The summed E-state index contributed by atoms with van der Waals surface area (Å²) in [7, 11) is 0. The highest BCUT2D eigenvalue weighted by atomic mass is 16.5. The SMILES string of the molecule is CCc1c(-c2ccccc2)oc2c(CN3CCOCC3)c(O)ccc2c1=O. The van der Waals surface area contributed by atoms with Gasteiger partial charge in [-0.25, -0.2) is 0 Å². The zero-order valence-electron chi connectivity index (χ0n) is 15.4. The average molecular weight is 365 g/mol. The molecule has 0 atom stereocenters. The number of benzene rings is 2. The van der Waals surface area contributed by atoms with Crippen molar-refractivity contribution in [1.29, 1.82) is 0 Å². The molecule has 1 N–H and O–H groups in total. The van der Waals surface area contributed by atoms with Crippen LogP contribution in [0.2, 0.25) is 0 Å². The van der Waals surface area contributed by atoms with Crippen LogP contribution in [0.15, 0.2) is 51.7 Å². The van der Waals surface area contributed by atoms with E-state index in [1.165, 1.54) is 0 Å². The molecule has 140 valence electrons. The maximum atomic E-state index is 13.1. The molecule has 0 radical (unpaired) electrons. The molecule has 0 amide bonds. The van der Waals surface area contributed by atoms with Gasteiger partial charge >= 0.3 is 0 Å². The molecule has 1 aromatic heterocycles. The van der Waals surface area contributed by atoms with Crippen LogP contribution in [0.1, 0.15) is 18.1 Å². The van der Waals surface area contributed by atoms with Crippen LogP contribution in [0.25, 0.3) is 22.3 Å². The summed E-state index contributed by atoms with van der Waals surface area (Å²) in [6, 6.07) is 12.9. The van der Waals surface area contributed by atoms with E-state index in [9.17, 15) is 9.90 Å². The number of phenols is 1. The number of nitrogens with zero attached hydrogens (tertiary/aromatic N) is 1. The van der Waals surface area contributed by atoms with Crippen molar-refractivity contribution in [2.24, 2.45) is 0 Å². The lowest BCUT2D eigenvalue weighted by atomic mass is 10.0. The Balaban J connectivity index is 1.92. The average Bonchev–Trinajstić information content (AvgIpc) is 2.71. The van der Waals surface area contributed by atoms with Gasteiger partial charge in [-0.1, -0.05) is 37.3 Å². The molecule has 3 aromatic rings. The maximum absolute atomic E-state index is 13.1. The van der Waals surface area contributed by atoms with Crippen LogP contribution in [0.4, 0.5) is 0 Å². The van der Waals surface area contributed by atoms with Gasteiger partial charge in [0, 0.05) is 30.8 Å². The molecular weight excluding hydrogens is 342 g/mol. The van der Waals surface area contributed by atoms with E-state index in [-0.39, 0.29) is 11.2 Å². The Hall–Kier alpha value is -2.63. The van der Waals surface area contributed by atoms with Crippen molar-refractivity contribution in [3.8, 4) is 17.1 Å². The van der Waals surface area contributed by atoms with Gasteiger partial charge in [0.25, 0.3) is 0 Å². The molecule has 27 heavy (non-hydrogen) atoms. The third kappa shape index (κ3) is 3.36. The molecule has 0 aliphatic carbocycles. The van der Waals surface area contributed by atoms with Crippen molar-refractivity contribution in [2.45, 2.75) is 19.9 Å². The van der Waals surface area contributed by atoms with E-state index in [1.54, 1.807) is 12.1 Å². The number of aromatic hydroxyl groups is 1. The predicted octanol–water partition coefficient (Wildman–Crippen LogP) is 3.56. The fourth-order valence-corrected chi connectivity index (χ4v) is 3.62. The number of ether oxygens (including phenoxy) is 1. The van der Waals surface area contributed by atoms with Crippen LogP contribution in [-0.2, 0) is 17.7 Å². The van der Waals surface area contributed by atoms with E-state index in [1.807, 2.05) is 37.3 Å². The molecule has 4 rings (SSSR count). The number of rotatable bonds is 4. The zero-order valence-corrected chi connectivity index (χ0v) is 15.4. The van der Waals surface area contributed by atoms with Gasteiger partial charge < -0.3 is 14.3 Å². The van der Waals surface area contributed by atoms with Gasteiger partial charge in [-0.3, -0.25) is 9.69 Å². The molecule has 0 saturated carbocycles. The molecule has 1 fully saturated rings. The van der Waals surface area contributed by atoms with Gasteiger partial charge in [0.15, 0.2) is 5.43 Å². The Morgan fingerprint density at radius 2 is 1.78 bits per heavy atom. The lowest BCUT2D eigenvalue weighted by Gasteiger charge is -2.27. The van der Waals surface area contributed by atoms with Gasteiger partial charge in [-0.15, -0.1) is 0 Å². The second-order valence-corrected chi connectivity index (χ2v) is 6.79. The van der Waals surface area contributed by atoms with E-state index in [0.29, 0.717) is 54.0 Å². The second-order valence-electron chi connectivity index (χ2n) is 6.79. The number of fused-ring (bicyclic) bond motifs is 1. The largest absolute Gasteiger partial charge is 0.507 e. The molecule has 0 bridgehead atoms. The fourth-order valence-electron chi connectivity index (χ4n) is 3.62. The summed E-state index contributed by atoms with van der Waals surface area (Å²) in [6.07, 6.45) is 0.585. The summed E-state index contributed by atoms with van der Waals surface area (Å²) < 4.78 is 11.7. The minimum absolute atomic E-state index is 0.0270.